The van der Waals surface area contributed by atoms with Crippen molar-refractivity contribution in [1.82, 2.24) is 4.90 Å². The Labute approximate surface area is 73.9 Å². The summed E-state index contributed by atoms with van der Waals surface area (Å²) in [5, 5.41) is 0. The maximum absolute atomic E-state index is 11.0. The quantitative estimate of drug-likeness (QED) is 0.630. The summed E-state index contributed by atoms with van der Waals surface area (Å²) in [5.41, 5.74) is 5.83. The molecule has 1 rings (SSSR count). The molecule has 0 aliphatic heterocycles. The Bertz CT molecular complexity index is 170. The molecular formula is C9H18N2O. The van der Waals surface area contributed by atoms with Crippen molar-refractivity contribution in [3.63, 3.8) is 0 Å². The molecule has 12 heavy (non-hydrogen) atoms. The van der Waals surface area contributed by atoms with Crippen molar-refractivity contribution in [2.75, 3.05) is 7.05 Å². The van der Waals surface area contributed by atoms with Gasteiger partial charge in [0.1, 0.15) is 0 Å². The Balaban J connectivity index is 2.45. The molecule has 1 fully saturated rings. The van der Waals surface area contributed by atoms with Gasteiger partial charge in [-0.05, 0) is 25.7 Å². The van der Waals surface area contributed by atoms with Crippen molar-refractivity contribution in [1.29, 1.82) is 0 Å². The second-order valence-electron chi connectivity index (χ2n) is 3.71. The maximum atomic E-state index is 11.0. The van der Waals surface area contributed by atoms with Gasteiger partial charge in [0.2, 0.25) is 5.91 Å². The average molecular weight is 170 g/mol. The predicted molar refractivity (Wildman–Crippen MR) is 48.7 cm³/mol. The van der Waals surface area contributed by atoms with Gasteiger partial charge in [-0.1, -0.05) is 0 Å². The molecule has 0 saturated heterocycles. The first-order chi connectivity index (χ1) is 5.61. The average Bonchev–Trinajstić information content (AvgIpc) is 2.03. The first-order valence-electron chi connectivity index (χ1n) is 4.60. The summed E-state index contributed by atoms with van der Waals surface area (Å²) in [4.78, 5) is 12.9. The zero-order valence-corrected chi connectivity index (χ0v) is 7.92. The van der Waals surface area contributed by atoms with Crippen molar-refractivity contribution >= 4 is 5.91 Å². The minimum Gasteiger partial charge on any atom is -0.343 e. The molecule has 3 heteroatoms. The number of nitrogens with zero attached hydrogens (tertiary/aromatic N) is 1. The Kier molecular flexibility index (Phi) is 3.09. The van der Waals surface area contributed by atoms with Crippen molar-refractivity contribution in [2.24, 2.45) is 5.73 Å². The molecule has 0 spiro atoms. The number of carbonyl (C=O) groups is 1. The largest absolute Gasteiger partial charge is 0.343 e. The normalized spacial score (nSPS) is 29.9. The Morgan fingerprint density at radius 1 is 1.50 bits per heavy atom. The van der Waals surface area contributed by atoms with Crippen LogP contribution >= 0.6 is 0 Å². The summed E-state index contributed by atoms with van der Waals surface area (Å²) in [6.07, 6.45) is 4.35. The smallest absolute Gasteiger partial charge is 0.219 e. The number of amides is 1. The van der Waals surface area contributed by atoms with Crippen molar-refractivity contribution < 1.29 is 4.79 Å². The Morgan fingerprint density at radius 2 is 2.17 bits per heavy atom. The third kappa shape index (κ3) is 2.21. The van der Waals surface area contributed by atoms with E-state index in [0.717, 1.165) is 25.7 Å². The van der Waals surface area contributed by atoms with Gasteiger partial charge < -0.3 is 10.6 Å². The SMILES string of the molecule is CC(=O)N(C)C1CCCC(N)C1. The molecule has 0 heterocycles. The van der Waals surface area contributed by atoms with E-state index in [4.69, 9.17) is 5.73 Å². The zero-order chi connectivity index (χ0) is 9.14. The molecule has 1 aliphatic carbocycles. The lowest BCUT2D eigenvalue weighted by Crippen LogP contribution is -2.42. The highest BCUT2D eigenvalue weighted by atomic mass is 16.2. The van der Waals surface area contributed by atoms with Crippen molar-refractivity contribution in [3.8, 4) is 0 Å². The van der Waals surface area contributed by atoms with Crippen LogP contribution in [0.3, 0.4) is 0 Å². The summed E-state index contributed by atoms with van der Waals surface area (Å²) in [6.45, 7) is 1.61. The highest BCUT2D eigenvalue weighted by Gasteiger charge is 2.23. The van der Waals surface area contributed by atoms with Crippen LogP contribution < -0.4 is 5.73 Å². The summed E-state index contributed by atoms with van der Waals surface area (Å²) >= 11 is 0. The molecule has 0 aromatic heterocycles. The van der Waals surface area contributed by atoms with E-state index >= 15 is 0 Å². The van der Waals surface area contributed by atoms with Gasteiger partial charge >= 0.3 is 0 Å². The highest BCUT2D eigenvalue weighted by Crippen LogP contribution is 2.20. The van der Waals surface area contributed by atoms with Crippen LogP contribution in [0.1, 0.15) is 32.6 Å². The molecule has 2 atom stereocenters. The molecule has 0 aromatic carbocycles. The number of rotatable bonds is 1. The minimum atomic E-state index is 0.147. The summed E-state index contributed by atoms with van der Waals surface area (Å²) in [7, 11) is 1.87. The fourth-order valence-corrected chi connectivity index (χ4v) is 1.81. The van der Waals surface area contributed by atoms with E-state index in [1.54, 1.807) is 6.92 Å². The van der Waals surface area contributed by atoms with Crippen LogP contribution in [0.4, 0.5) is 0 Å². The molecule has 1 saturated carbocycles. The minimum absolute atomic E-state index is 0.147. The van der Waals surface area contributed by atoms with Gasteiger partial charge in [-0.15, -0.1) is 0 Å². The van der Waals surface area contributed by atoms with Gasteiger partial charge in [-0.3, -0.25) is 4.79 Å². The van der Waals surface area contributed by atoms with Crippen LogP contribution in [-0.2, 0) is 4.79 Å². The molecule has 1 aliphatic rings. The Hall–Kier alpha value is -0.570. The van der Waals surface area contributed by atoms with E-state index in [9.17, 15) is 4.79 Å². The van der Waals surface area contributed by atoms with E-state index in [1.807, 2.05) is 11.9 Å². The van der Waals surface area contributed by atoms with E-state index < -0.39 is 0 Å². The van der Waals surface area contributed by atoms with E-state index in [0.29, 0.717) is 12.1 Å². The van der Waals surface area contributed by atoms with Crippen molar-refractivity contribution in [3.05, 3.63) is 0 Å². The predicted octanol–water partition coefficient (Wildman–Crippen LogP) is 0.735. The lowest BCUT2D eigenvalue weighted by Gasteiger charge is -2.33. The third-order valence-corrected chi connectivity index (χ3v) is 2.73. The van der Waals surface area contributed by atoms with Gasteiger partial charge in [-0.25, -0.2) is 0 Å². The molecule has 70 valence electrons. The van der Waals surface area contributed by atoms with E-state index in [-0.39, 0.29) is 5.91 Å². The Morgan fingerprint density at radius 3 is 2.67 bits per heavy atom. The van der Waals surface area contributed by atoms with Crippen LogP contribution in [0.2, 0.25) is 0 Å². The van der Waals surface area contributed by atoms with Crippen LogP contribution in [0, 0.1) is 0 Å². The number of nitrogens with two attached hydrogens (primary N) is 1. The van der Waals surface area contributed by atoms with Crippen molar-refractivity contribution in [2.45, 2.75) is 44.7 Å². The number of hydrogen-bond acceptors (Lipinski definition) is 2. The van der Waals surface area contributed by atoms with E-state index in [1.165, 1.54) is 0 Å². The van der Waals surface area contributed by atoms with Gasteiger partial charge in [-0.2, -0.15) is 0 Å². The second-order valence-corrected chi connectivity index (χ2v) is 3.71. The maximum Gasteiger partial charge on any atom is 0.219 e. The monoisotopic (exact) mass is 170 g/mol. The van der Waals surface area contributed by atoms with Crippen LogP contribution in [0.15, 0.2) is 0 Å². The molecule has 0 aromatic rings. The number of carbonyl (C=O) groups excluding carboxylic acids is 1. The topological polar surface area (TPSA) is 46.3 Å². The standard InChI is InChI=1S/C9H18N2O/c1-7(12)11(2)9-5-3-4-8(10)6-9/h8-9H,3-6,10H2,1-2H3. The molecule has 0 bridgehead atoms. The van der Waals surface area contributed by atoms with Crippen LogP contribution in [0.5, 0.6) is 0 Å². The second kappa shape index (κ2) is 3.90. The zero-order valence-electron chi connectivity index (χ0n) is 7.92. The molecule has 2 unspecified atom stereocenters. The summed E-state index contributed by atoms with van der Waals surface area (Å²) in [5.74, 6) is 0.147. The summed E-state index contributed by atoms with van der Waals surface area (Å²) in [6, 6.07) is 0.678. The lowest BCUT2D eigenvalue weighted by atomic mass is 9.91. The lowest BCUT2D eigenvalue weighted by molar-refractivity contribution is -0.130. The van der Waals surface area contributed by atoms with Gasteiger partial charge in [0, 0.05) is 26.1 Å². The first-order valence-corrected chi connectivity index (χ1v) is 4.60. The molecule has 3 nitrogen and oxygen atoms in total. The van der Waals surface area contributed by atoms with Gasteiger partial charge in [0.05, 0.1) is 0 Å². The molecule has 2 N–H and O–H groups in total. The van der Waals surface area contributed by atoms with Crippen LogP contribution in [0.25, 0.3) is 0 Å². The fraction of sp³-hybridized carbons (Fsp3) is 0.889. The fourth-order valence-electron chi connectivity index (χ4n) is 1.81. The molecule has 1 amide bonds. The molecule has 0 radical (unpaired) electrons. The van der Waals surface area contributed by atoms with E-state index in [2.05, 4.69) is 0 Å². The van der Waals surface area contributed by atoms with Crippen LogP contribution in [-0.4, -0.2) is 29.9 Å². The first kappa shape index (κ1) is 9.52. The van der Waals surface area contributed by atoms with Gasteiger partial charge in [0.15, 0.2) is 0 Å². The third-order valence-electron chi connectivity index (χ3n) is 2.73. The summed E-state index contributed by atoms with van der Waals surface area (Å²) < 4.78 is 0. The number of hydrogen-bond donors (Lipinski definition) is 1. The highest BCUT2D eigenvalue weighted by molar-refractivity contribution is 5.73. The van der Waals surface area contributed by atoms with Gasteiger partial charge in [0.25, 0.3) is 0 Å². The molecular weight excluding hydrogens is 152 g/mol.